The Labute approximate surface area is 109 Å². The predicted molar refractivity (Wildman–Crippen MR) is 69.0 cm³/mol. The van der Waals surface area contributed by atoms with Gasteiger partial charge in [-0.05, 0) is 30.9 Å². The number of nitrogens with zero attached hydrogens (tertiary/aromatic N) is 3. The maximum Gasteiger partial charge on any atom is 0.358 e. The average Bonchev–Trinajstić information content (AvgIpc) is 2.72. The number of hydrogen-bond donors (Lipinski definition) is 1. The molecule has 0 amide bonds. The highest BCUT2D eigenvalue weighted by Gasteiger charge is 2.14. The molecule has 1 aromatic carbocycles. The molecule has 2 rings (SSSR count). The first-order valence-electron chi connectivity index (χ1n) is 5.38. The standard InChI is InChI=1S/C12H13N3O2S/c1-8-11(12(16)17)13-14-15(8)7-9-3-5-10(18-2)6-4-9/h3-6H,7H2,1-2H3,(H,16,17). The number of benzene rings is 1. The number of carboxylic acid groups (broad SMARTS) is 1. The zero-order chi connectivity index (χ0) is 13.1. The Morgan fingerprint density at radius 1 is 1.39 bits per heavy atom. The number of hydrogen-bond acceptors (Lipinski definition) is 4. The monoisotopic (exact) mass is 263 g/mol. The summed E-state index contributed by atoms with van der Waals surface area (Å²) >= 11 is 1.68. The molecule has 0 aliphatic rings. The lowest BCUT2D eigenvalue weighted by molar-refractivity contribution is 0.0689. The van der Waals surface area contributed by atoms with E-state index < -0.39 is 5.97 Å². The van der Waals surface area contributed by atoms with E-state index in [1.54, 1.807) is 23.4 Å². The molecule has 1 N–H and O–H groups in total. The van der Waals surface area contributed by atoms with Gasteiger partial charge in [0.1, 0.15) is 0 Å². The van der Waals surface area contributed by atoms with E-state index in [1.807, 2.05) is 30.5 Å². The number of aromatic carboxylic acids is 1. The van der Waals surface area contributed by atoms with Gasteiger partial charge < -0.3 is 5.11 Å². The van der Waals surface area contributed by atoms with Gasteiger partial charge in [0.05, 0.1) is 12.2 Å². The van der Waals surface area contributed by atoms with E-state index in [0.29, 0.717) is 12.2 Å². The van der Waals surface area contributed by atoms with Crippen molar-refractivity contribution in [3.8, 4) is 0 Å². The molecule has 2 aromatic rings. The van der Waals surface area contributed by atoms with E-state index in [4.69, 9.17) is 5.11 Å². The second kappa shape index (κ2) is 5.22. The van der Waals surface area contributed by atoms with Crippen LogP contribution in [0.1, 0.15) is 21.7 Å². The van der Waals surface area contributed by atoms with Gasteiger partial charge in [-0.25, -0.2) is 9.48 Å². The molecule has 0 aliphatic heterocycles. The number of carboxylic acids is 1. The SMILES string of the molecule is CSc1ccc(Cn2nnc(C(=O)O)c2C)cc1. The van der Waals surface area contributed by atoms with Gasteiger partial charge in [-0.1, -0.05) is 17.3 Å². The summed E-state index contributed by atoms with van der Waals surface area (Å²) in [5, 5.41) is 16.4. The van der Waals surface area contributed by atoms with E-state index in [2.05, 4.69) is 10.3 Å². The molecule has 18 heavy (non-hydrogen) atoms. The van der Waals surface area contributed by atoms with E-state index in [1.165, 1.54) is 4.90 Å². The largest absolute Gasteiger partial charge is 0.476 e. The van der Waals surface area contributed by atoms with Crippen molar-refractivity contribution >= 4 is 17.7 Å². The smallest absolute Gasteiger partial charge is 0.358 e. The van der Waals surface area contributed by atoms with Crippen molar-refractivity contribution < 1.29 is 9.90 Å². The molecule has 0 unspecified atom stereocenters. The highest BCUT2D eigenvalue weighted by Crippen LogP contribution is 2.16. The third kappa shape index (κ3) is 2.53. The van der Waals surface area contributed by atoms with Crippen molar-refractivity contribution in [3.05, 3.63) is 41.2 Å². The van der Waals surface area contributed by atoms with Gasteiger partial charge in [0.25, 0.3) is 0 Å². The Bertz CT molecular complexity index is 563. The Kier molecular flexibility index (Phi) is 3.66. The predicted octanol–water partition coefficient (Wildman–Crippen LogP) is 2.05. The van der Waals surface area contributed by atoms with Gasteiger partial charge in [-0.2, -0.15) is 0 Å². The van der Waals surface area contributed by atoms with E-state index in [-0.39, 0.29) is 5.69 Å². The van der Waals surface area contributed by atoms with Crippen LogP contribution in [0, 0.1) is 6.92 Å². The summed E-state index contributed by atoms with van der Waals surface area (Å²) < 4.78 is 1.59. The van der Waals surface area contributed by atoms with Crippen molar-refractivity contribution in [2.45, 2.75) is 18.4 Å². The molecule has 1 aromatic heterocycles. The first-order chi connectivity index (χ1) is 8.61. The first kappa shape index (κ1) is 12.6. The quantitative estimate of drug-likeness (QED) is 0.855. The number of thioether (sulfide) groups is 1. The van der Waals surface area contributed by atoms with E-state index >= 15 is 0 Å². The Morgan fingerprint density at radius 3 is 2.56 bits per heavy atom. The molecule has 0 bridgehead atoms. The lowest BCUT2D eigenvalue weighted by atomic mass is 10.2. The van der Waals surface area contributed by atoms with Crippen molar-refractivity contribution in [1.29, 1.82) is 0 Å². The minimum absolute atomic E-state index is 0.00994. The van der Waals surface area contributed by atoms with Gasteiger partial charge >= 0.3 is 5.97 Å². The summed E-state index contributed by atoms with van der Waals surface area (Å²) in [7, 11) is 0. The molecule has 0 spiro atoms. The maximum atomic E-state index is 10.9. The minimum Gasteiger partial charge on any atom is -0.476 e. The van der Waals surface area contributed by atoms with Gasteiger partial charge in [-0.15, -0.1) is 16.9 Å². The summed E-state index contributed by atoms with van der Waals surface area (Å²) in [6, 6.07) is 8.08. The van der Waals surface area contributed by atoms with Crippen molar-refractivity contribution in [2.75, 3.05) is 6.26 Å². The molecule has 0 radical (unpaired) electrons. The van der Waals surface area contributed by atoms with E-state index in [0.717, 1.165) is 5.56 Å². The zero-order valence-corrected chi connectivity index (χ0v) is 10.9. The van der Waals surface area contributed by atoms with Crippen molar-refractivity contribution in [3.63, 3.8) is 0 Å². The highest BCUT2D eigenvalue weighted by atomic mass is 32.2. The fraction of sp³-hybridized carbons (Fsp3) is 0.250. The van der Waals surface area contributed by atoms with Crippen LogP contribution >= 0.6 is 11.8 Å². The minimum atomic E-state index is -1.04. The summed E-state index contributed by atoms with van der Waals surface area (Å²) in [5.41, 5.74) is 1.64. The second-order valence-corrected chi connectivity index (χ2v) is 4.71. The molecule has 0 saturated carbocycles. The molecular formula is C12H13N3O2S. The molecule has 0 aliphatic carbocycles. The molecule has 0 fully saturated rings. The van der Waals surface area contributed by atoms with Gasteiger partial charge in [0.15, 0.2) is 5.69 Å². The van der Waals surface area contributed by atoms with E-state index in [9.17, 15) is 4.79 Å². The Balaban J connectivity index is 2.20. The summed E-state index contributed by atoms with van der Waals surface area (Å²) in [5.74, 6) is -1.04. The lowest BCUT2D eigenvalue weighted by Crippen LogP contribution is -2.05. The third-order valence-electron chi connectivity index (χ3n) is 2.68. The van der Waals surface area contributed by atoms with Crippen LogP contribution in [0.5, 0.6) is 0 Å². The van der Waals surface area contributed by atoms with Crippen LogP contribution in [-0.2, 0) is 6.54 Å². The van der Waals surface area contributed by atoms with Crippen LogP contribution in [0.25, 0.3) is 0 Å². The third-order valence-corrected chi connectivity index (χ3v) is 3.42. The molecule has 5 nitrogen and oxygen atoms in total. The van der Waals surface area contributed by atoms with Crippen molar-refractivity contribution in [2.24, 2.45) is 0 Å². The van der Waals surface area contributed by atoms with Crippen LogP contribution in [0.3, 0.4) is 0 Å². The molecule has 1 heterocycles. The van der Waals surface area contributed by atoms with Crippen LogP contribution in [0.15, 0.2) is 29.2 Å². The summed E-state index contributed by atoms with van der Waals surface area (Å²) in [6.45, 7) is 2.24. The second-order valence-electron chi connectivity index (χ2n) is 3.83. The first-order valence-corrected chi connectivity index (χ1v) is 6.60. The van der Waals surface area contributed by atoms with Crippen LogP contribution in [0.4, 0.5) is 0 Å². The number of rotatable bonds is 4. The summed E-state index contributed by atoms with van der Waals surface area (Å²) in [6.07, 6.45) is 2.02. The Morgan fingerprint density at radius 2 is 2.06 bits per heavy atom. The molecule has 6 heteroatoms. The van der Waals surface area contributed by atoms with Crippen LogP contribution in [0.2, 0.25) is 0 Å². The number of carbonyl (C=O) groups is 1. The molecular weight excluding hydrogens is 250 g/mol. The van der Waals surface area contributed by atoms with Crippen LogP contribution in [-0.4, -0.2) is 32.3 Å². The van der Waals surface area contributed by atoms with Gasteiger partial charge in [0, 0.05) is 4.90 Å². The molecule has 94 valence electrons. The maximum absolute atomic E-state index is 10.9. The normalized spacial score (nSPS) is 10.6. The zero-order valence-electron chi connectivity index (χ0n) is 10.1. The van der Waals surface area contributed by atoms with Gasteiger partial charge in [0.2, 0.25) is 0 Å². The average molecular weight is 263 g/mol. The van der Waals surface area contributed by atoms with Crippen LogP contribution < -0.4 is 0 Å². The fourth-order valence-corrected chi connectivity index (χ4v) is 2.02. The summed E-state index contributed by atoms with van der Waals surface area (Å²) in [4.78, 5) is 12.0. The lowest BCUT2D eigenvalue weighted by Gasteiger charge is -2.04. The molecule has 0 saturated heterocycles. The molecule has 0 atom stereocenters. The van der Waals surface area contributed by atoms with Gasteiger partial charge in [-0.3, -0.25) is 0 Å². The fourth-order valence-electron chi connectivity index (χ4n) is 1.61. The number of aromatic nitrogens is 3. The topological polar surface area (TPSA) is 68.0 Å². The van der Waals surface area contributed by atoms with Crippen molar-refractivity contribution in [1.82, 2.24) is 15.0 Å². The Hall–Kier alpha value is -1.82. The highest BCUT2D eigenvalue weighted by molar-refractivity contribution is 7.98.